The van der Waals surface area contributed by atoms with Crippen LogP contribution < -0.4 is 4.74 Å². The summed E-state index contributed by atoms with van der Waals surface area (Å²) in [6.07, 6.45) is 0. The van der Waals surface area contributed by atoms with E-state index in [2.05, 4.69) is 11.8 Å². The van der Waals surface area contributed by atoms with Gasteiger partial charge in [0.15, 0.2) is 0 Å². The number of alkyl halides is 1. The van der Waals surface area contributed by atoms with Gasteiger partial charge in [0, 0.05) is 21.7 Å². The van der Waals surface area contributed by atoms with E-state index in [1.807, 2.05) is 0 Å². The van der Waals surface area contributed by atoms with Crippen LogP contribution in [0.5, 0.6) is 5.75 Å². The zero-order chi connectivity index (χ0) is 15.2. The SMILES string of the molecule is Fc1ccc(C#CCCl)c(OCc2ccc(Cl)cc2Cl)c1. The van der Waals surface area contributed by atoms with E-state index >= 15 is 0 Å². The average molecular weight is 344 g/mol. The molecule has 2 aromatic carbocycles. The monoisotopic (exact) mass is 342 g/mol. The first-order valence-corrected chi connectivity index (χ1v) is 7.30. The van der Waals surface area contributed by atoms with Crippen LogP contribution in [-0.4, -0.2) is 5.88 Å². The second-order valence-corrected chi connectivity index (χ2v) is 5.21. The van der Waals surface area contributed by atoms with Crippen molar-refractivity contribution in [1.82, 2.24) is 0 Å². The summed E-state index contributed by atoms with van der Waals surface area (Å²) in [6, 6.07) is 9.25. The molecule has 0 aliphatic heterocycles. The highest BCUT2D eigenvalue weighted by Crippen LogP contribution is 2.24. The molecule has 21 heavy (non-hydrogen) atoms. The molecule has 0 aromatic heterocycles. The van der Waals surface area contributed by atoms with Gasteiger partial charge < -0.3 is 4.74 Å². The van der Waals surface area contributed by atoms with Gasteiger partial charge in [0.05, 0.1) is 11.4 Å². The van der Waals surface area contributed by atoms with Gasteiger partial charge in [-0.3, -0.25) is 0 Å². The minimum atomic E-state index is -0.399. The maximum absolute atomic E-state index is 13.3. The minimum absolute atomic E-state index is 0.189. The van der Waals surface area contributed by atoms with E-state index in [1.54, 1.807) is 24.3 Å². The fraction of sp³-hybridized carbons (Fsp3) is 0.125. The van der Waals surface area contributed by atoms with Gasteiger partial charge in [-0.15, -0.1) is 11.6 Å². The molecule has 0 spiro atoms. The highest BCUT2D eigenvalue weighted by Gasteiger charge is 2.06. The summed E-state index contributed by atoms with van der Waals surface area (Å²) in [4.78, 5) is 0. The van der Waals surface area contributed by atoms with Crippen LogP contribution in [0.4, 0.5) is 4.39 Å². The molecule has 0 radical (unpaired) electrons. The zero-order valence-electron chi connectivity index (χ0n) is 10.8. The molecule has 5 heteroatoms. The molecule has 108 valence electrons. The second-order valence-electron chi connectivity index (χ2n) is 4.10. The Morgan fingerprint density at radius 2 is 1.90 bits per heavy atom. The van der Waals surface area contributed by atoms with Crippen molar-refractivity contribution in [3.8, 4) is 17.6 Å². The third kappa shape index (κ3) is 4.54. The van der Waals surface area contributed by atoms with Crippen LogP contribution in [0.1, 0.15) is 11.1 Å². The molecule has 0 unspecified atom stereocenters. The van der Waals surface area contributed by atoms with Gasteiger partial charge in [0.2, 0.25) is 0 Å². The van der Waals surface area contributed by atoms with E-state index in [-0.39, 0.29) is 12.5 Å². The molecular formula is C16H10Cl3FO. The van der Waals surface area contributed by atoms with E-state index in [1.165, 1.54) is 12.1 Å². The fourth-order valence-electron chi connectivity index (χ4n) is 1.64. The largest absolute Gasteiger partial charge is 0.487 e. The van der Waals surface area contributed by atoms with Crippen molar-refractivity contribution in [3.63, 3.8) is 0 Å². The number of rotatable bonds is 3. The molecule has 0 saturated heterocycles. The van der Waals surface area contributed by atoms with Crippen LogP contribution in [0.25, 0.3) is 0 Å². The molecule has 0 atom stereocenters. The lowest BCUT2D eigenvalue weighted by atomic mass is 10.2. The lowest BCUT2D eigenvalue weighted by Crippen LogP contribution is -1.98. The molecule has 0 bridgehead atoms. The number of hydrogen-bond donors (Lipinski definition) is 0. The van der Waals surface area contributed by atoms with Crippen molar-refractivity contribution >= 4 is 34.8 Å². The number of ether oxygens (including phenoxy) is 1. The number of benzene rings is 2. The summed E-state index contributed by atoms with van der Waals surface area (Å²) in [5, 5.41) is 1.04. The zero-order valence-corrected chi connectivity index (χ0v) is 13.1. The van der Waals surface area contributed by atoms with E-state index in [4.69, 9.17) is 39.5 Å². The van der Waals surface area contributed by atoms with Crippen LogP contribution in [0.3, 0.4) is 0 Å². The van der Waals surface area contributed by atoms with Crippen molar-refractivity contribution < 1.29 is 9.13 Å². The molecule has 0 aliphatic rings. The summed E-state index contributed by atoms with van der Waals surface area (Å²) in [6.45, 7) is 0.189. The van der Waals surface area contributed by atoms with Crippen molar-refractivity contribution in [2.75, 3.05) is 5.88 Å². The van der Waals surface area contributed by atoms with Gasteiger partial charge in [0.1, 0.15) is 18.2 Å². The highest BCUT2D eigenvalue weighted by atomic mass is 35.5. The molecule has 2 aromatic rings. The quantitative estimate of drug-likeness (QED) is 0.542. The Labute approximate surface area is 137 Å². The maximum Gasteiger partial charge on any atom is 0.138 e. The van der Waals surface area contributed by atoms with Gasteiger partial charge in [-0.25, -0.2) is 4.39 Å². The normalized spacial score (nSPS) is 9.90. The Morgan fingerprint density at radius 1 is 1.10 bits per heavy atom. The molecule has 0 fully saturated rings. The Bertz CT molecular complexity index is 704. The minimum Gasteiger partial charge on any atom is -0.487 e. The first-order chi connectivity index (χ1) is 10.1. The van der Waals surface area contributed by atoms with Gasteiger partial charge >= 0.3 is 0 Å². The standard InChI is InChI=1S/C16H10Cl3FO/c17-7-1-2-11-4-6-14(20)9-16(11)21-10-12-3-5-13(18)8-15(12)19/h3-6,8-9H,7,10H2. The first kappa shape index (κ1) is 16.0. The smallest absolute Gasteiger partial charge is 0.138 e. The van der Waals surface area contributed by atoms with E-state index < -0.39 is 5.82 Å². The Morgan fingerprint density at radius 3 is 2.62 bits per heavy atom. The predicted octanol–water partition coefficient (Wildman–Crippen LogP) is 5.30. The van der Waals surface area contributed by atoms with Gasteiger partial charge in [-0.05, 0) is 24.3 Å². The van der Waals surface area contributed by atoms with Gasteiger partial charge in [0.25, 0.3) is 0 Å². The Balaban J connectivity index is 2.20. The maximum atomic E-state index is 13.3. The first-order valence-electron chi connectivity index (χ1n) is 6.01. The van der Waals surface area contributed by atoms with E-state index in [9.17, 15) is 4.39 Å². The summed E-state index contributed by atoms with van der Waals surface area (Å²) < 4.78 is 18.9. The molecule has 0 aliphatic carbocycles. The predicted molar refractivity (Wildman–Crippen MR) is 84.8 cm³/mol. The van der Waals surface area contributed by atoms with Crippen LogP contribution in [0, 0.1) is 17.7 Å². The van der Waals surface area contributed by atoms with Gasteiger partial charge in [-0.1, -0.05) is 41.1 Å². The van der Waals surface area contributed by atoms with E-state index in [0.717, 1.165) is 5.56 Å². The van der Waals surface area contributed by atoms with Crippen molar-refractivity contribution in [2.45, 2.75) is 6.61 Å². The highest BCUT2D eigenvalue weighted by molar-refractivity contribution is 6.35. The lowest BCUT2D eigenvalue weighted by molar-refractivity contribution is 0.304. The Kier molecular flexibility index (Phi) is 5.76. The number of hydrogen-bond acceptors (Lipinski definition) is 1. The van der Waals surface area contributed by atoms with Crippen molar-refractivity contribution in [2.24, 2.45) is 0 Å². The van der Waals surface area contributed by atoms with Crippen molar-refractivity contribution in [1.29, 1.82) is 0 Å². The molecule has 0 amide bonds. The second kappa shape index (κ2) is 7.56. The summed E-state index contributed by atoms with van der Waals surface area (Å²) in [5.74, 6) is 5.67. The van der Waals surface area contributed by atoms with E-state index in [0.29, 0.717) is 21.4 Å². The third-order valence-electron chi connectivity index (χ3n) is 2.63. The number of halogens is 4. The van der Waals surface area contributed by atoms with Crippen molar-refractivity contribution in [3.05, 3.63) is 63.4 Å². The molecular weight excluding hydrogens is 334 g/mol. The summed E-state index contributed by atoms with van der Waals surface area (Å²) in [7, 11) is 0. The average Bonchev–Trinajstić information content (AvgIpc) is 2.45. The van der Waals surface area contributed by atoms with Crippen LogP contribution >= 0.6 is 34.8 Å². The third-order valence-corrected chi connectivity index (χ3v) is 3.35. The van der Waals surface area contributed by atoms with Crippen LogP contribution in [0.15, 0.2) is 36.4 Å². The molecule has 1 nitrogen and oxygen atoms in total. The molecule has 0 saturated carbocycles. The fourth-order valence-corrected chi connectivity index (χ4v) is 2.17. The summed E-state index contributed by atoms with van der Waals surface area (Å²) >= 11 is 17.4. The molecule has 2 rings (SSSR count). The van der Waals surface area contributed by atoms with Gasteiger partial charge in [-0.2, -0.15) is 0 Å². The topological polar surface area (TPSA) is 9.23 Å². The summed E-state index contributed by atoms with van der Waals surface area (Å²) in [5.41, 5.74) is 1.32. The lowest BCUT2D eigenvalue weighted by Gasteiger charge is -2.10. The van der Waals surface area contributed by atoms with Crippen LogP contribution in [0.2, 0.25) is 10.0 Å². The Hall–Kier alpha value is -1.40. The molecule has 0 heterocycles. The molecule has 0 N–H and O–H groups in total. The van der Waals surface area contributed by atoms with Crippen LogP contribution in [-0.2, 0) is 6.61 Å².